The Hall–Kier alpha value is -4.85. The minimum absolute atomic E-state index is 0.0670. The van der Waals surface area contributed by atoms with E-state index < -0.39 is 49.2 Å². The maximum absolute atomic E-state index is 18.1. The fourth-order valence-corrected chi connectivity index (χ4v) is 17.3. The quantitative estimate of drug-likeness (QED) is 0.0861. The van der Waals surface area contributed by atoms with Gasteiger partial charge in [-0.05, 0) is 93.2 Å². The predicted molar refractivity (Wildman–Crippen MR) is 251 cm³/mol. The van der Waals surface area contributed by atoms with Crippen LogP contribution < -0.4 is 19.1 Å². The third-order valence-corrected chi connectivity index (χ3v) is 21.2. The molecule has 354 valence electrons. The number of pyridine rings is 1. The lowest BCUT2D eigenvalue weighted by molar-refractivity contribution is 0.00537. The van der Waals surface area contributed by atoms with Gasteiger partial charge in [0, 0.05) is 37.6 Å². The summed E-state index contributed by atoms with van der Waals surface area (Å²) in [5.41, 5.74) is 3.43. The molecule has 5 aliphatic rings. The van der Waals surface area contributed by atoms with Gasteiger partial charge in [-0.1, -0.05) is 53.5 Å². The Kier molecular flexibility index (Phi) is 12.2. The molecule has 0 N–H and O–H groups in total. The van der Waals surface area contributed by atoms with Gasteiger partial charge in [-0.25, -0.2) is 22.9 Å². The Morgan fingerprint density at radius 2 is 1.74 bits per heavy atom. The normalized spacial score (nSPS) is 23.9. The molecule has 16 heteroatoms. The molecule has 4 aromatic rings. The number of hydrogen-bond donors (Lipinski definition) is 0. The molecule has 0 aliphatic carbocycles. The van der Waals surface area contributed by atoms with Gasteiger partial charge in [0.2, 0.25) is 5.88 Å². The molecule has 66 heavy (non-hydrogen) atoms. The summed E-state index contributed by atoms with van der Waals surface area (Å²) in [7, 11) is -0.860. The van der Waals surface area contributed by atoms with E-state index in [0.29, 0.717) is 48.3 Å². The van der Waals surface area contributed by atoms with Gasteiger partial charge in [0.1, 0.15) is 67.0 Å². The summed E-state index contributed by atoms with van der Waals surface area (Å²) in [6, 6.07) is 5.41. The fourth-order valence-electron chi connectivity index (χ4n) is 12.1. The monoisotopic (exact) mass is 928 g/mol. The van der Waals surface area contributed by atoms with Gasteiger partial charge in [0.25, 0.3) is 0 Å². The molecule has 0 unspecified atom stereocenters. The van der Waals surface area contributed by atoms with Crippen molar-refractivity contribution in [3.63, 3.8) is 0 Å². The van der Waals surface area contributed by atoms with Crippen LogP contribution in [-0.4, -0.2) is 121 Å². The number of aromatic nitrogens is 3. The molecule has 0 radical (unpaired) electrons. The average molecular weight is 929 g/mol. The first-order valence-electron chi connectivity index (χ1n) is 23.6. The lowest BCUT2D eigenvalue weighted by Crippen LogP contribution is -2.63. The highest BCUT2D eigenvalue weighted by Crippen LogP contribution is 2.48. The lowest BCUT2D eigenvalue weighted by Gasteiger charge is -2.46. The standard InChI is InChI=1S/C50H63F3N6O6Si/c1-28(2)66(29(3)4,30(5)6)19-16-35-37(52)14-12-31-20-34(64-27-61-10)21-36(40(31)35)43-42(53)44-41-45(56-47(55-44)63-26-50-17-11-18-57(50)23-32(51)22-50)58-24-33-13-15-38(39(58)25-62-46(41)54-43)59(33)48(60)65-49(7,8)9/h12,14,20-21,28-30,32-33,38-39H,11,13,15,17-18,22-27H2,1-10H3/t32-,33+,38-,39-,50+/m0/s1. The molecular formula is C50H63F3N6O6Si. The largest absolute Gasteiger partial charge is 0.475 e. The van der Waals surface area contributed by atoms with Gasteiger partial charge in [-0.2, -0.15) is 9.97 Å². The number of fused-ring (bicyclic) bond motifs is 7. The second-order valence-corrected chi connectivity index (χ2v) is 26.5. The van der Waals surface area contributed by atoms with E-state index in [2.05, 4.69) is 62.8 Å². The number of methoxy groups -OCH3 is 1. The van der Waals surface area contributed by atoms with Crippen molar-refractivity contribution in [3.05, 3.63) is 41.5 Å². The van der Waals surface area contributed by atoms with Crippen LogP contribution in [-0.2, 0) is 9.47 Å². The van der Waals surface area contributed by atoms with E-state index >= 15 is 8.78 Å². The molecule has 2 aromatic heterocycles. The van der Waals surface area contributed by atoms with Crippen LogP contribution in [0, 0.1) is 23.1 Å². The summed E-state index contributed by atoms with van der Waals surface area (Å²) in [5, 5.41) is 1.19. The number of anilines is 1. The highest BCUT2D eigenvalue weighted by molar-refractivity contribution is 6.90. The number of nitrogens with zero attached hydrogens (tertiary/aromatic N) is 6. The van der Waals surface area contributed by atoms with Crippen LogP contribution in [0.1, 0.15) is 100.0 Å². The Balaban J connectivity index is 1.25. The molecule has 9 rings (SSSR count). The zero-order valence-electron chi connectivity index (χ0n) is 39.9. The summed E-state index contributed by atoms with van der Waals surface area (Å²) in [5.74, 6) is 2.81. The van der Waals surface area contributed by atoms with Crippen molar-refractivity contribution in [2.45, 2.75) is 146 Å². The van der Waals surface area contributed by atoms with E-state index in [1.165, 1.54) is 13.2 Å². The lowest BCUT2D eigenvalue weighted by atomic mass is 9.95. The van der Waals surface area contributed by atoms with Gasteiger partial charge in [-0.3, -0.25) is 9.80 Å². The Morgan fingerprint density at radius 1 is 0.985 bits per heavy atom. The summed E-state index contributed by atoms with van der Waals surface area (Å²) in [4.78, 5) is 34.6. The smallest absolute Gasteiger partial charge is 0.410 e. The van der Waals surface area contributed by atoms with Crippen molar-refractivity contribution in [2.24, 2.45) is 0 Å². The molecule has 12 nitrogen and oxygen atoms in total. The average Bonchev–Trinajstić information content (AvgIpc) is 3.86. The number of benzene rings is 2. The second kappa shape index (κ2) is 17.3. The zero-order valence-corrected chi connectivity index (χ0v) is 40.9. The molecule has 5 atom stereocenters. The van der Waals surface area contributed by atoms with Crippen molar-refractivity contribution in [3.8, 4) is 40.4 Å². The van der Waals surface area contributed by atoms with Crippen molar-refractivity contribution in [2.75, 3.05) is 51.7 Å². The van der Waals surface area contributed by atoms with E-state index in [9.17, 15) is 9.18 Å². The first kappa shape index (κ1) is 46.3. The van der Waals surface area contributed by atoms with Crippen LogP contribution in [0.15, 0.2) is 24.3 Å². The third kappa shape index (κ3) is 7.90. The summed E-state index contributed by atoms with van der Waals surface area (Å²) in [6.07, 6.45) is 2.07. The van der Waals surface area contributed by atoms with Crippen LogP contribution in [0.2, 0.25) is 16.6 Å². The minimum Gasteiger partial charge on any atom is -0.475 e. The molecule has 7 heterocycles. The van der Waals surface area contributed by atoms with Gasteiger partial charge in [-0.15, -0.1) is 5.54 Å². The summed E-state index contributed by atoms with van der Waals surface area (Å²) < 4.78 is 79.9. The van der Waals surface area contributed by atoms with E-state index in [-0.39, 0.29) is 88.3 Å². The molecule has 4 fully saturated rings. The van der Waals surface area contributed by atoms with Gasteiger partial charge in [0.15, 0.2) is 12.6 Å². The number of rotatable bonds is 10. The van der Waals surface area contributed by atoms with Crippen LogP contribution in [0.4, 0.5) is 23.8 Å². The summed E-state index contributed by atoms with van der Waals surface area (Å²) in [6.45, 7) is 20.3. The SMILES string of the molecule is COCOc1cc(-c2nc3c4c(nc(OC[C@]56CCCN5C[C@@H](F)C6)nc4c2F)N2C[C@H]4CC[C@@H]([C@@H]2CO3)N4C(=O)OC(C)(C)C)c2c(C#C[Si](C(C)C)(C(C)C)C(C)C)c(F)ccc2c1. The van der Waals surface area contributed by atoms with Crippen molar-refractivity contribution >= 4 is 41.7 Å². The molecule has 4 saturated heterocycles. The number of amides is 1. The van der Waals surface area contributed by atoms with E-state index in [0.717, 1.165) is 25.8 Å². The number of ether oxygens (including phenoxy) is 5. The van der Waals surface area contributed by atoms with E-state index in [4.69, 9.17) is 38.6 Å². The number of halogens is 3. The number of hydrogen-bond acceptors (Lipinski definition) is 11. The predicted octanol–water partition coefficient (Wildman–Crippen LogP) is 9.98. The molecular weight excluding hydrogens is 866 g/mol. The minimum atomic E-state index is -2.36. The van der Waals surface area contributed by atoms with Gasteiger partial charge in [0.05, 0.1) is 29.2 Å². The molecule has 0 spiro atoms. The number of alkyl halides is 1. The van der Waals surface area contributed by atoms with Gasteiger partial charge >= 0.3 is 12.1 Å². The van der Waals surface area contributed by atoms with Crippen LogP contribution >= 0.6 is 0 Å². The molecule has 2 aromatic carbocycles. The van der Waals surface area contributed by atoms with Crippen LogP contribution in [0.5, 0.6) is 17.6 Å². The number of carbonyl (C=O) groups excluding carboxylic acids is 1. The van der Waals surface area contributed by atoms with E-state index in [1.54, 1.807) is 18.2 Å². The Bertz CT molecular complexity index is 2590. The molecule has 0 saturated carbocycles. The fraction of sp³-hybridized carbons (Fsp3) is 0.600. The van der Waals surface area contributed by atoms with Crippen molar-refractivity contribution < 1.29 is 41.7 Å². The Morgan fingerprint density at radius 3 is 2.45 bits per heavy atom. The van der Waals surface area contributed by atoms with Crippen molar-refractivity contribution in [1.29, 1.82) is 0 Å². The highest BCUT2D eigenvalue weighted by Gasteiger charge is 2.53. The van der Waals surface area contributed by atoms with Crippen LogP contribution in [0.25, 0.3) is 32.9 Å². The molecule has 1 amide bonds. The second-order valence-electron chi connectivity index (χ2n) is 20.9. The van der Waals surface area contributed by atoms with Crippen molar-refractivity contribution in [1.82, 2.24) is 24.8 Å². The first-order chi connectivity index (χ1) is 31.4. The maximum Gasteiger partial charge on any atom is 0.410 e. The topological polar surface area (TPSA) is 112 Å². The molecule has 2 bridgehead atoms. The maximum atomic E-state index is 18.1. The first-order valence-corrected chi connectivity index (χ1v) is 25.8. The zero-order chi connectivity index (χ0) is 47.0. The number of piperazine rings is 1. The highest BCUT2D eigenvalue weighted by atomic mass is 28.3. The van der Waals surface area contributed by atoms with Crippen LogP contribution in [0.3, 0.4) is 0 Å². The van der Waals surface area contributed by atoms with E-state index in [1.807, 2.05) is 25.7 Å². The van der Waals surface area contributed by atoms with Gasteiger partial charge < -0.3 is 28.6 Å². The Labute approximate surface area is 386 Å². The number of carbonyl (C=O) groups is 1. The third-order valence-electron chi connectivity index (χ3n) is 14.9. The summed E-state index contributed by atoms with van der Waals surface area (Å²) >= 11 is 0. The molecule has 5 aliphatic heterocycles.